The number of hydrogen-bond donors (Lipinski definition) is 1. The molecule has 138 valence electrons. The lowest BCUT2D eigenvalue weighted by Crippen LogP contribution is -1.99. The highest BCUT2D eigenvalue weighted by molar-refractivity contribution is 6.31. The summed E-state index contributed by atoms with van der Waals surface area (Å²) in [5.74, 6) is 0.576. The minimum Gasteiger partial charge on any atom is -0.337 e. The number of H-pyrrole nitrogens is 1. The second-order valence-corrected chi connectivity index (χ2v) is 7.27. The Morgan fingerprint density at radius 1 is 1.14 bits per heavy atom. The maximum atomic E-state index is 9.71. The Morgan fingerprint density at radius 2 is 1.93 bits per heavy atom. The minimum atomic E-state index is 0.499. The van der Waals surface area contributed by atoms with Crippen molar-refractivity contribution in [1.29, 1.82) is 5.26 Å². The molecule has 28 heavy (non-hydrogen) atoms. The van der Waals surface area contributed by atoms with Crippen LogP contribution in [0.5, 0.6) is 0 Å². The number of rotatable bonds is 3. The van der Waals surface area contributed by atoms with Gasteiger partial charge in [0.15, 0.2) is 0 Å². The maximum absolute atomic E-state index is 9.71. The van der Waals surface area contributed by atoms with Gasteiger partial charge in [-0.25, -0.2) is 4.98 Å². The number of nitrogens with one attached hydrogen (secondary N) is 1. The van der Waals surface area contributed by atoms with Gasteiger partial charge in [-0.3, -0.25) is 0 Å². The molecule has 0 bridgehead atoms. The van der Waals surface area contributed by atoms with E-state index in [2.05, 4.69) is 32.7 Å². The Kier molecular flexibility index (Phi) is 4.54. The zero-order valence-electron chi connectivity index (χ0n) is 15.9. The Balaban J connectivity index is 1.80. The number of fused-ring (bicyclic) bond motifs is 1. The van der Waals surface area contributed by atoms with Gasteiger partial charge in [-0.1, -0.05) is 29.8 Å². The van der Waals surface area contributed by atoms with Crippen LogP contribution in [-0.2, 0) is 0 Å². The van der Waals surface area contributed by atoms with Crippen molar-refractivity contribution in [3.63, 3.8) is 0 Å². The van der Waals surface area contributed by atoms with Crippen LogP contribution in [-0.4, -0.2) is 14.5 Å². The van der Waals surface area contributed by atoms with Crippen LogP contribution < -0.4 is 0 Å². The molecule has 0 aliphatic carbocycles. The Morgan fingerprint density at radius 3 is 2.64 bits per heavy atom. The zero-order valence-corrected chi connectivity index (χ0v) is 16.7. The van der Waals surface area contributed by atoms with Crippen molar-refractivity contribution in [3.8, 4) is 11.8 Å². The first-order valence-electron chi connectivity index (χ1n) is 9.00. The molecule has 0 aliphatic heterocycles. The molecule has 0 atom stereocenters. The fourth-order valence-corrected chi connectivity index (χ4v) is 3.62. The molecule has 4 aromatic rings. The van der Waals surface area contributed by atoms with Gasteiger partial charge in [0, 0.05) is 22.1 Å². The zero-order chi connectivity index (χ0) is 19.8. The molecule has 0 amide bonds. The van der Waals surface area contributed by atoms with E-state index in [-0.39, 0.29) is 0 Å². The number of aryl methyl sites for hydroxylation is 2. The normalized spacial score (nSPS) is 11.8. The highest BCUT2D eigenvalue weighted by Gasteiger charge is 2.13. The smallest absolute Gasteiger partial charge is 0.149 e. The number of hydrogen-bond acceptors (Lipinski definition) is 2. The number of allylic oxidation sites excluding steroid dienone is 1. The summed E-state index contributed by atoms with van der Waals surface area (Å²) in [5, 5.41) is 10.5. The fraction of sp³-hybridized carbons (Fsp3) is 0.130. The van der Waals surface area contributed by atoms with Crippen LogP contribution in [0.25, 0.3) is 28.4 Å². The van der Waals surface area contributed by atoms with Crippen molar-refractivity contribution in [2.75, 3.05) is 0 Å². The molecular weight excluding hydrogens is 368 g/mol. The molecule has 0 unspecified atom stereocenters. The van der Waals surface area contributed by atoms with Gasteiger partial charge in [0.2, 0.25) is 0 Å². The third-order valence-corrected chi connectivity index (χ3v) is 5.36. The van der Waals surface area contributed by atoms with E-state index in [1.54, 1.807) is 0 Å². The van der Waals surface area contributed by atoms with E-state index >= 15 is 0 Å². The quantitative estimate of drug-likeness (QED) is 0.439. The first-order chi connectivity index (χ1) is 13.5. The van der Waals surface area contributed by atoms with Crippen molar-refractivity contribution in [2.45, 2.75) is 20.8 Å². The summed E-state index contributed by atoms with van der Waals surface area (Å²) >= 11 is 6.32. The average Bonchev–Trinajstić information content (AvgIpc) is 3.23. The summed E-state index contributed by atoms with van der Waals surface area (Å²) in [7, 11) is 0. The maximum Gasteiger partial charge on any atom is 0.149 e. The number of aromatic amines is 1. The number of nitriles is 1. The summed E-state index contributed by atoms with van der Waals surface area (Å²) in [6.45, 7) is 6.08. The van der Waals surface area contributed by atoms with Gasteiger partial charge in [0.25, 0.3) is 0 Å². The first-order valence-corrected chi connectivity index (χ1v) is 9.38. The van der Waals surface area contributed by atoms with E-state index in [1.807, 2.05) is 63.2 Å². The van der Waals surface area contributed by atoms with E-state index < -0.39 is 0 Å². The topological polar surface area (TPSA) is 57.4 Å². The van der Waals surface area contributed by atoms with Crippen LogP contribution >= 0.6 is 11.6 Å². The Bertz CT molecular complexity index is 1230. The van der Waals surface area contributed by atoms with Gasteiger partial charge >= 0.3 is 0 Å². The SMILES string of the molecule is Cc1ccc(-n2c(C)cc(/C=C(\C#N)c3nc4ccccc4[nH]3)c2C)cc1Cl. The number of aromatic nitrogens is 3. The number of halogens is 1. The third-order valence-electron chi connectivity index (χ3n) is 4.95. The summed E-state index contributed by atoms with van der Waals surface area (Å²) in [5.41, 5.74) is 7.41. The van der Waals surface area contributed by atoms with Gasteiger partial charge in [0.1, 0.15) is 11.9 Å². The largest absolute Gasteiger partial charge is 0.337 e. The van der Waals surface area contributed by atoms with Gasteiger partial charge in [-0.15, -0.1) is 0 Å². The van der Waals surface area contributed by atoms with E-state index in [1.165, 1.54) is 0 Å². The number of para-hydroxylation sites is 2. The lowest BCUT2D eigenvalue weighted by atomic mass is 10.1. The first kappa shape index (κ1) is 18.1. The molecule has 4 nitrogen and oxygen atoms in total. The van der Waals surface area contributed by atoms with E-state index in [0.717, 1.165) is 44.3 Å². The molecular formula is C23H19ClN4. The fourth-order valence-electron chi connectivity index (χ4n) is 3.44. The van der Waals surface area contributed by atoms with Crippen molar-refractivity contribution in [1.82, 2.24) is 14.5 Å². The predicted molar refractivity (Wildman–Crippen MR) is 115 cm³/mol. The molecule has 2 aromatic carbocycles. The minimum absolute atomic E-state index is 0.499. The average molecular weight is 387 g/mol. The van der Waals surface area contributed by atoms with Crippen LogP contribution in [0.15, 0.2) is 48.5 Å². The lowest BCUT2D eigenvalue weighted by Gasteiger charge is -2.11. The summed E-state index contributed by atoms with van der Waals surface area (Å²) in [6, 6.07) is 18.1. The molecule has 4 rings (SSSR count). The number of benzene rings is 2. The van der Waals surface area contributed by atoms with Gasteiger partial charge in [-0.2, -0.15) is 5.26 Å². The lowest BCUT2D eigenvalue weighted by molar-refractivity contribution is 0.963. The van der Waals surface area contributed by atoms with Crippen LogP contribution in [0.2, 0.25) is 5.02 Å². The van der Waals surface area contributed by atoms with Crippen LogP contribution in [0.4, 0.5) is 0 Å². The number of imidazole rings is 1. The second kappa shape index (κ2) is 7.03. The molecule has 2 aromatic heterocycles. The molecule has 5 heteroatoms. The van der Waals surface area contributed by atoms with Crippen LogP contribution in [0.3, 0.4) is 0 Å². The van der Waals surface area contributed by atoms with Crippen molar-refractivity contribution < 1.29 is 0 Å². The third kappa shape index (κ3) is 3.11. The molecule has 0 fully saturated rings. The molecule has 0 saturated heterocycles. The van der Waals surface area contributed by atoms with Crippen LogP contribution in [0.1, 0.15) is 28.3 Å². The summed E-state index contributed by atoms with van der Waals surface area (Å²) < 4.78 is 2.14. The Labute approximate surface area is 168 Å². The summed E-state index contributed by atoms with van der Waals surface area (Å²) in [4.78, 5) is 7.77. The van der Waals surface area contributed by atoms with Gasteiger partial charge in [0.05, 0.1) is 16.6 Å². The predicted octanol–water partition coefficient (Wildman–Crippen LogP) is 6.00. The molecule has 2 heterocycles. The molecule has 0 spiro atoms. The molecule has 0 radical (unpaired) electrons. The Hall–Kier alpha value is -3.29. The van der Waals surface area contributed by atoms with E-state index in [9.17, 15) is 5.26 Å². The second-order valence-electron chi connectivity index (χ2n) is 6.87. The van der Waals surface area contributed by atoms with Gasteiger partial charge < -0.3 is 9.55 Å². The van der Waals surface area contributed by atoms with Crippen molar-refractivity contribution in [3.05, 3.63) is 81.9 Å². The van der Waals surface area contributed by atoms with E-state index in [0.29, 0.717) is 11.4 Å². The highest BCUT2D eigenvalue weighted by Crippen LogP contribution is 2.27. The van der Waals surface area contributed by atoms with E-state index in [4.69, 9.17) is 11.6 Å². The van der Waals surface area contributed by atoms with Crippen molar-refractivity contribution in [2.24, 2.45) is 0 Å². The molecule has 1 N–H and O–H groups in total. The van der Waals surface area contributed by atoms with Crippen molar-refractivity contribution >= 4 is 34.3 Å². The van der Waals surface area contributed by atoms with Crippen LogP contribution in [0, 0.1) is 32.1 Å². The summed E-state index contributed by atoms with van der Waals surface area (Å²) in [6.07, 6.45) is 1.88. The number of nitrogens with zero attached hydrogens (tertiary/aromatic N) is 3. The highest BCUT2D eigenvalue weighted by atomic mass is 35.5. The molecule has 0 aliphatic rings. The monoisotopic (exact) mass is 386 g/mol. The van der Waals surface area contributed by atoms with Gasteiger partial charge in [-0.05, 0) is 68.3 Å². The molecule has 0 saturated carbocycles. The standard InChI is InChI=1S/C23H19ClN4/c1-14-8-9-19(12-20(14)24)28-15(2)10-17(16(28)3)11-18(13-25)23-26-21-6-4-5-7-22(21)27-23/h4-12H,1-3H3,(H,26,27)/b18-11+.